The molecule has 2 fully saturated rings. The normalized spacial score (nSPS) is 21.3. The number of nitrogens with zero attached hydrogens (tertiary/aromatic N) is 4. The number of piperazine rings is 1. The lowest BCUT2D eigenvalue weighted by Crippen LogP contribution is -2.49. The quantitative estimate of drug-likeness (QED) is 0.615. The smallest absolute Gasteiger partial charge is 0.433 e. The summed E-state index contributed by atoms with van der Waals surface area (Å²) in [6.07, 6.45) is -3.53. The summed E-state index contributed by atoms with van der Waals surface area (Å²) in [4.78, 5) is 20.5. The Balaban J connectivity index is 1.41. The zero-order valence-corrected chi connectivity index (χ0v) is 20.4. The number of aliphatic hydroxyl groups excluding tert-OH is 1. The highest BCUT2D eigenvalue weighted by atomic mass is 19.4. The van der Waals surface area contributed by atoms with E-state index in [1.807, 2.05) is 32.0 Å². The fraction of sp³-hybridized carbons (Fsp3) is 0.500. The van der Waals surface area contributed by atoms with Crippen molar-refractivity contribution in [3.63, 3.8) is 0 Å². The molecule has 2 aliphatic heterocycles. The van der Waals surface area contributed by atoms with Gasteiger partial charge in [-0.25, -0.2) is 0 Å². The van der Waals surface area contributed by atoms with Crippen molar-refractivity contribution in [2.24, 2.45) is 0 Å². The molecular weight excluding hydrogens is 473 g/mol. The monoisotopic (exact) mass is 502 g/mol. The lowest BCUT2D eigenvalue weighted by atomic mass is 9.96. The maximum atomic E-state index is 13.0. The van der Waals surface area contributed by atoms with Gasteiger partial charge in [0, 0.05) is 37.4 Å². The van der Waals surface area contributed by atoms with Gasteiger partial charge in [-0.3, -0.25) is 14.7 Å². The van der Waals surface area contributed by atoms with E-state index in [1.165, 1.54) is 6.07 Å². The van der Waals surface area contributed by atoms with Crippen LogP contribution in [0.4, 0.5) is 13.2 Å². The third kappa shape index (κ3) is 5.04. The van der Waals surface area contributed by atoms with Crippen LogP contribution in [0.25, 0.3) is 0 Å². The largest absolute Gasteiger partial charge is 0.491 e. The van der Waals surface area contributed by atoms with Crippen LogP contribution in [0.3, 0.4) is 0 Å². The number of nitriles is 1. The number of ether oxygens (including phenoxy) is 1. The molecule has 1 aromatic carbocycles. The number of rotatable bonds is 7. The SMILES string of the molecule is Cc1c(OC[C@@H](O)CC#N)ccc([C@H](C)N2C[C@@H]3C[C@H]2CN3C(=O)c2ccc(C(F)(F)F)nc2)c1C. The van der Waals surface area contributed by atoms with Gasteiger partial charge in [-0.2, -0.15) is 18.4 Å². The summed E-state index contributed by atoms with van der Waals surface area (Å²) >= 11 is 0. The van der Waals surface area contributed by atoms with Gasteiger partial charge in [0.05, 0.1) is 18.1 Å². The van der Waals surface area contributed by atoms with Crippen LogP contribution in [0.1, 0.15) is 58.5 Å². The van der Waals surface area contributed by atoms with Gasteiger partial charge >= 0.3 is 6.18 Å². The van der Waals surface area contributed by atoms with Crippen molar-refractivity contribution in [2.75, 3.05) is 19.7 Å². The molecule has 2 aromatic rings. The van der Waals surface area contributed by atoms with Crippen molar-refractivity contribution >= 4 is 5.91 Å². The minimum Gasteiger partial charge on any atom is -0.491 e. The van der Waals surface area contributed by atoms with Crippen molar-refractivity contribution in [2.45, 2.75) is 64.0 Å². The fourth-order valence-corrected chi connectivity index (χ4v) is 5.23. The van der Waals surface area contributed by atoms with E-state index in [2.05, 4.69) is 16.8 Å². The van der Waals surface area contributed by atoms with E-state index in [4.69, 9.17) is 10.00 Å². The highest BCUT2D eigenvalue weighted by Gasteiger charge is 2.47. The Bertz CT molecular complexity index is 1160. The molecule has 0 unspecified atom stereocenters. The van der Waals surface area contributed by atoms with Crippen LogP contribution in [0, 0.1) is 25.2 Å². The van der Waals surface area contributed by atoms with Crippen LogP contribution in [0.15, 0.2) is 30.5 Å². The minimum atomic E-state index is -4.54. The molecule has 36 heavy (non-hydrogen) atoms. The predicted octanol–water partition coefficient (Wildman–Crippen LogP) is 4.03. The highest BCUT2D eigenvalue weighted by Crippen LogP contribution is 2.39. The number of pyridine rings is 1. The van der Waals surface area contributed by atoms with Gasteiger partial charge in [0.2, 0.25) is 0 Å². The third-order valence-electron chi connectivity index (χ3n) is 7.33. The summed E-state index contributed by atoms with van der Waals surface area (Å²) in [6, 6.07) is 8.12. The first-order valence-corrected chi connectivity index (χ1v) is 11.9. The number of likely N-dealkylation sites (tertiary alicyclic amines) is 2. The number of fused-ring (bicyclic) bond motifs is 2. The number of aliphatic hydroxyl groups is 1. The molecule has 2 saturated heterocycles. The summed E-state index contributed by atoms with van der Waals surface area (Å²) in [6.45, 7) is 7.38. The molecular formula is C26H29F3N4O3. The standard InChI is InChI=1S/C26H29F3N4O3/c1-15-16(2)23(36-14-21(34)8-9-30)6-5-22(15)17(3)32-12-20-10-19(32)13-33(20)25(35)18-4-7-24(31-11-18)26(27,28)29/h4-7,11,17,19-21,34H,8,10,12-14H2,1-3H3/t17-,19-,20-,21-/m0/s1. The molecule has 1 amide bonds. The maximum absolute atomic E-state index is 13.0. The molecule has 2 aliphatic rings. The van der Waals surface area contributed by atoms with Crippen molar-refractivity contribution in [3.05, 3.63) is 58.4 Å². The Labute approximate surface area is 208 Å². The molecule has 0 spiro atoms. The molecule has 1 aromatic heterocycles. The number of hydrogen-bond donors (Lipinski definition) is 1. The number of benzene rings is 1. The summed E-state index contributed by atoms with van der Waals surface area (Å²) in [7, 11) is 0. The van der Waals surface area contributed by atoms with Crippen molar-refractivity contribution < 1.29 is 27.8 Å². The van der Waals surface area contributed by atoms with Gasteiger partial charge in [0.1, 0.15) is 24.2 Å². The predicted molar refractivity (Wildman–Crippen MR) is 125 cm³/mol. The first-order valence-electron chi connectivity index (χ1n) is 11.9. The van der Waals surface area contributed by atoms with Crippen LogP contribution in [-0.2, 0) is 6.18 Å². The molecule has 10 heteroatoms. The molecule has 0 aliphatic carbocycles. The number of halogens is 3. The van der Waals surface area contributed by atoms with Gasteiger partial charge in [-0.15, -0.1) is 0 Å². The van der Waals surface area contributed by atoms with Crippen molar-refractivity contribution in [3.8, 4) is 11.8 Å². The highest BCUT2D eigenvalue weighted by molar-refractivity contribution is 5.94. The summed E-state index contributed by atoms with van der Waals surface area (Å²) in [5, 5.41) is 18.5. The van der Waals surface area contributed by atoms with Gasteiger partial charge < -0.3 is 14.7 Å². The van der Waals surface area contributed by atoms with Gasteiger partial charge in [-0.1, -0.05) is 6.07 Å². The lowest BCUT2D eigenvalue weighted by molar-refractivity contribution is -0.141. The van der Waals surface area contributed by atoms with Crippen LogP contribution < -0.4 is 4.74 Å². The van der Waals surface area contributed by atoms with Crippen LogP contribution in [0.2, 0.25) is 0 Å². The summed E-state index contributed by atoms with van der Waals surface area (Å²) < 4.78 is 44.1. The zero-order valence-electron chi connectivity index (χ0n) is 20.4. The van der Waals surface area contributed by atoms with Gasteiger partial charge in [0.15, 0.2) is 0 Å². The molecule has 7 nitrogen and oxygen atoms in total. The molecule has 4 rings (SSSR count). The molecule has 2 bridgehead atoms. The second kappa shape index (κ2) is 10.1. The Morgan fingerprint density at radius 3 is 2.56 bits per heavy atom. The van der Waals surface area contributed by atoms with E-state index in [0.29, 0.717) is 18.8 Å². The van der Waals surface area contributed by atoms with E-state index in [9.17, 15) is 23.1 Å². The average molecular weight is 503 g/mol. The summed E-state index contributed by atoms with van der Waals surface area (Å²) in [5.41, 5.74) is 2.36. The number of carbonyl (C=O) groups is 1. The van der Waals surface area contributed by atoms with Gasteiger partial charge in [0.25, 0.3) is 5.91 Å². The fourth-order valence-electron chi connectivity index (χ4n) is 5.23. The first kappa shape index (κ1) is 25.9. The Morgan fingerprint density at radius 1 is 1.22 bits per heavy atom. The number of aromatic nitrogens is 1. The topological polar surface area (TPSA) is 89.7 Å². The second-order valence-electron chi connectivity index (χ2n) is 9.53. The minimum absolute atomic E-state index is 0.00197. The van der Waals surface area contributed by atoms with Crippen LogP contribution in [0.5, 0.6) is 5.75 Å². The van der Waals surface area contributed by atoms with E-state index >= 15 is 0 Å². The van der Waals surface area contributed by atoms with E-state index in [-0.39, 0.29) is 42.6 Å². The molecule has 192 valence electrons. The average Bonchev–Trinajstić information content (AvgIpc) is 3.45. The zero-order chi connectivity index (χ0) is 26.2. The maximum Gasteiger partial charge on any atom is 0.433 e. The third-order valence-corrected chi connectivity index (χ3v) is 7.33. The van der Waals surface area contributed by atoms with Crippen LogP contribution in [-0.4, -0.2) is 63.7 Å². The second-order valence-corrected chi connectivity index (χ2v) is 9.53. The Hall–Kier alpha value is -3.16. The number of carbonyl (C=O) groups excluding carboxylic acids is 1. The molecule has 4 atom stereocenters. The number of hydrogen-bond acceptors (Lipinski definition) is 6. The lowest BCUT2D eigenvalue weighted by Gasteiger charge is -2.38. The number of amides is 1. The van der Waals surface area contributed by atoms with Crippen molar-refractivity contribution in [1.82, 2.24) is 14.8 Å². The van der Waals surface area contributed by atoms with Gasteiger partial charge in [-0.05, 0) is 62.1 Å². The molecule has 0 saturated carbocycles. The number of alkyl halides is 3. The van der Waals surface area contributed by atoms with Crippen molar-refractivity contribution in [1.29, 1.82) is 5.26 Å². The van der Waals surface area contributed by atoms with E-state index < -0.39 is 18.0 Å². The molecule has 1 N–H and O–H groups in total. The van der Waals surface area contributed by atoms with E-state index in [1.54, 1.807) is 4.90 Å². The first-order chi connectivity index (χ1) is 17.0. The Morgan fingerprint density at radius 2 is 1.97 bits per heavy atom. The summed E-state index contributed by atoms with van der Waals surface area (Å²) in [5.74, 6) is 0.383. The van der Waals surface area contributed by atoms with Crippen LogP contribution >= 0.6 is 0 Å². The van der Waals surface area contributed by atoms with E-state index in [0.717, 1.165) is 35.4 Å². The Kier molecular flexibility index (Phi) is 7.25. The molecule has 0 radical (unpaired) electrons. The molecule has 3 heterocycles.